The number of benzene rings is 1. The second-order valence-electron chi connectivity index (χ2n) is 6.64. The van der Waals surface area contributed by atoms with Gasteiger partial charge < -0.3 is 20.1 Å². The van der Waals surface area contributed by atoms with Crippen molar-refractivity contribution in [1.29, 1.82) is 0 Å². The summed E-state index contributed by atoms with van der Waals surface area (Å²) in [5.41, 5.74) is 5.18. The molecule has 22 heavy (non-hydrogen) atoms. The lowest BCUT2D eigenvalue weighted by Gasteiger charge is -2.19. The lowest BCUT2D eigenvalue weighted by molar-refractivity contribution is 0.310. The van der Waals surface area contributed by atoms with Crippen LogP contribution in [0.15, 0.2) is 36.3 Å². The second-order valence-corrected chi connectivity index (χ2v) is 6.64. The number of nitrogens with one attached hydrogen (secondary N) is 2. The van der Waals surface area contributed by atoms with Crippen LogP contribution in [0.3, 0.4) is 0 Å². The number of anilines is 1. The van der Waals surface area contributed by atoms with E-state index in [1.807, 2.05) is 0 Å². The summed E-state index contributed by atoms with van der Waals surface area (Å²) in [7, 11) is 2.25. The molecule has 2 aliphatic heterocycles. The Hall–Kier alpha value is -1.94. The van der Waals surface area contributed by atoms with Crippen LogP contribution in [0.4, 0.5) is 5.69 Å². The van der Waals surface area contributed by atoms with Gasteiger partial charge in [-0.1, -0.05) is 0 Å². The maximum atomic E-state index is 3.44. The number of allylic oxidation sites excluding steroid dienone is 1. The first kappa shape index (κ1) is 13.7. The van der Waals surface area contributed by atoms with E-state index in [2.05, 4.69) is 64.7 Å². The summed E-state index contributed by atoms with van der Waals surface area (Å²) < 4.78 is 0. The van der Waals surface area contributed by atoms with E-state index in [0.717, 1.165) is 13.1 Å². The molecule has 1 aromatic carbocycles. The SMILES string of the molecule is CC1=CN(c2ccc3[nH]cc(C[C@H]4CCCN4C)c3c2)CN1. The van der Waals surface area contributed by atoms with Crippen molar-refractivity contribution >= 4 is 16.6 Å². The molecular formula is C18H24N4. The zero-order chi connectivity index (χ0) is 15.1. The third-order valence-corrected chi connectivity index (χ3v) is 5.09. The minimum atomic E-state index is 0.693. The van der Waals surface area contributed by atoms with Crippen LogP contribution >= 0.6 is 0 Å². The Morgan fingerprint density at radius 2 is 2.23 bits per heavy atom. The van der Waals surface area contributed by atoms with Gasteiger partial charge in [-0.3, -0.25) is 0 Å². The zero-order valence-corrected chi connectivity index (χ0v) is 13.4. The van der Waals surface area contributed by atoms with E-state index >= 15 is 0 Å². The molecule has 4 rings (SSSR count). The van der Waals surface area contributed by atoms with E-state index in [1.165, 1.54) is 47.2 Å². The molecule has 2 aliphatic rings. The monoisotopic (exact) mass is 296 g/mol. The van der Waals surface area contributed by atoms with Gasteiger partial charge in [-0.15, -0.1) is 0 Å². The van der Waals surface area contributed by atoms with Crippen LogP contribution in [0.5, 0.6) is 0 Å². The second kappa shape index (κ2) is 5.36. The Bertz CT molecular complexity index is 715. The van der Waals surface area contributed by atoms with Gasteiger partial charge in [0.25, 0.3) is 0 Å². The van der Waals surface area contributed by atoms with Gasteiger partial charge in [-0.05, 0) is 63.5 Å². The van der Waals surface area contributed by atoms with E-state index in [0.29, 0.717) is 6.04 Å². The number of rotatable bonds is 3. The van der Waals surface area contributed by atoms with Crippen molar-refractivity contribution in [3.63, 3.8) is 0 Å². The molecule has 2 aromatic rings. The van der Waals surface area contributed by atoms with E-state index in [1.54, 1.807) is 0 Å². The minimum Gasteiger partial charge on any atom is -0.370 e. The highest BCUT2D eigenvalue weighted by molar-refractivity contribution is 5.87. The molecule has 3 heterocycles. The molecule has 0 bridgehead atoms. The molecule has 1 saturated heterocycles. The molecule has 4 heteroatoms. The summed E-state index contributed by atoms with van der Waals surface area (Å²) in [5, 5.41) is 4.73. The summed E-state index contributed by atoms with van der Waals surface area (Å²) in [6.07, 6.45) is 8.17. The fourth-order valence-electron chi connectivity index (χ4n) is 3.71. The van der Waals surface area contributed by atoms with Gasteiger partial charge >= 0.3 is 0 Å². The average Bonchev–Trinajstić information content (AvgIpc) is 3.21. The van der Waals surface area contributed by atoms with Crippen molar-refractivity contribution in [2.75, 3.05) is 25.2 Å². The van der Waals surface area contributed by atoms with E-state index in [9.17, 15) is 0 Å². The molecule has 0 saturated carbocycles. The summed E-state index contributed by atoms with van der Waals surface area (Å²) in [6, 6.07) is 7.42. The largest absolute Gasteiger partial charge is 0.370 e. The first-order valence-electron chi connectivity index (χ1n) is 8.20. The molecule has 0 radical (unpaired) electrons. The number of hydrogen-bond acceptors (Lipinski definition) is 3. The quantitative estimate of drug-likeness (QED) is 0.913. The maximum absolute atomic E-state index is 3.44. The van der Waals surface area contributed by atoms with Crippen molar-refractivity contribution in [2.24, 2.45) is 0 Å². The van der Waals surface area contributed by atoms with Crippen molar-refractivity contribution in [1.82, 2.24) is 15.2 Å². The smallest absolute Gasteiger partial charge is 0.0918 e. The molecule has 0 unspecified atom stereocenters. The average molecular weight is 296 g/mol. The normalized spacial score (nSPS) is 22.4. The summed E-state index contributed by atoms with van der Waals surface area (Å²) in [6.45, 7) is 4.21. The van der Waals surface area contributed by atoms with Gasteiger partial charge in [0.2, 0.25) is 0 Å². The Morgan fingerprint density at radius 3 is 2.95 bits per heavy atom. The van der Waals surface area contributed by atoms with Gasteiger partial charge in [-0.25, -0.2) is 0 Å². The summed E-state index contributed by atoms with van der Waals surface area (Å²) in [5.74, 6) is 0. The minimum absolute atomic E-state index is 0.693. The predicted molar refractivity (Wildman–Crippen MR) is 91.9 cm³/mol. The van der Waals surface area contributed by atoms with Crippen LogP contribution in [0, 0.1) is 0 Å². The van der Waals surface area contributed by atoms with Crippen LogP contribution in [0.2, 0.25) is 0 Å². The Labute approximate surface area is 131 Å². The van der Waals surface area contributed by atoms with Gasteiger partial charge in [0.1, 0.15) is 0 Å². The number of likely N-dealkylation sites (tertiary alicyclic amines) is 1. The highest BCUT2D eigenvalue weighted by Crippen LogP contribution is 2.28. The molecule has 0 spiro atoms. The van der Waals surface area contributed by atoms with E-state index in [-0.39, 0.29) is 0 Å². The number of fused-ring (bicyclic) bond motifs is 1. The maximum Gasteiger partial charge on any atom is 0.0918 e. The van der Waals surface area contributed by atoms with Crippen LogP contribution in [0.25, 0.3) is 10.9 Å². The standard InChI is InChI=1S/C18H24N4/c1-13-11-22(12-20-13)16-5-6-18-17(9-16)14(10-19-18)8-15-4-3-7-21(15)2/h5-6,9-11,15,19-20H,3-4,7-8,12H2,1-2H3/t15-/m1/s1. The zero-order valence-electron chi connectivity index (χ0n) is 13.4. The highest BCUT2D eigenvalue weighted by Gasteiger charge is 2.22. The number of aromatic amines is 1. The fraction of sp³-hybridized carbons (Fsp3) is 0.444. The molecule has 2 N–H and O–H groups in total. The molecule has 0 amide bonds. The third kappa shape index (κ3) is 2.37. The van der Waals surface area contributed by atoms with Crippen molar-refractivity contribution in [3.05, 3.63) is 41.9 Å². The van der Waals surface area contributed by atoms with Crippen LogP contribution < -0.4 is 10.2 Å². The van der Waals surface area contributed by atoms with Gasteiger partial charge in [-0.2, -0.15) is 0 Å². The molecule has 1 aromatic heterocycles. The fourth-order valence-corrected chi connectivity index (χ4v) is 3.71. The Morgan fingerprint density at radius 1 is 1.32 bits per heavy atom. The Balaban J connectivity index is 1.65. The summed E-state index contributed by atoms with van der Waals surface area (Å²) >= 11 is 0. The molecule has 1 atom stereocenters. The van der Waals surface area contributed by atoms with Crippen molar-refractivity contribution in [2.45, 2.75) is 32.2 Å². The third-order valence-electron chi connectivity index (χ3n) is 5.09. The molecule has 1 fully saturated rings. The van der Waals surface area contributed by atoms with Gasteiger partial charge in [0, 0.05) is 40.7 Å². The van der Waals surface area contributed by atoms with Crippen LogP contribution in [-0.4, -0.2) is 36.2 Å². The van der Waals surface area contributed by atoms with Gasteiger partial charge in [0.15, 0.2) is 0 Å². The number of likely N-dealkylation sites (N-methyl/N-ethyl adjacent to an activating group) is 1. The van der Waals surface area contributed by atoms with E-state index < -0.39 is 0 Å². The lowest BCUT2D eigenvalue weighted by atomic mass is 10.0. The lowest BCUT2D eigenvalue weighted by Crippen LogP contribution is -2.26. The molecule has 4 nitrogen and oxygen atoms in total. The predicted octanol–water partition coefficient (Wildman–Crippen LogP) is 3.03. The van der Waals surface area contributed by atoms with Crippen LogP contribution in [0.1, 0.15) is 25.3 Å². The number of hydrogen-bond donors (Lipinski definition) is 2. The number of nitrogens with zero attached hydrogens (tertiary/aromatic N) is 2. The van der Waals surface area contributed by atoms with Crippen molar-refractivity contribution < 1.29 is 0 Å². The first-order chi connectivity index (χ1) is 10.7. The molecule has 0 aliphatic carbocycles. The van der Waals surface area contributed by atoms with Gasteiger partial charge in [0.05, 0.1) is 6.67 Å². The topological polar surface area (TPSA) is 34.3 Å². The van der Waals surface area contributed by atoms with Crippen LogP contribution in [-0.2, 0) is 6.42 Å². The highest BCUT2D eigenvalue weighted by atomic mass is 15.3. The number of H-pyrrole nitrogens is 1. The molecule has 116 valence electrons. The van der Waals surface area contributed by atoms with Crippen molar-refractivity contribution in [3.8, 4) is 0 Å². The summed E-state index contributed by atoms with van der Waals surface area (Å²) in [4.78, 5) is 8.21. The first-order valence-corrected chi connectivity index (χ1v) is 8.20. The number of aromatic nitrogens is 1. The Kier molecular flexibility index (Phi) is 3.34. The van der Waals surface area contributed by atoms with E-state index in [4.69, 9.17) is 0 Å². The molecular weight excluding hydrogens is 272 g/mol.